The zero-order chi connectivity index (χ0) is 16.7. The van der Waals surface area contributed by atoms with Crippen molar-refractivity contribution >= 4 is 18.0 Å². The molecule has 0 radical (unpaired) electrons. The second-order valence-corrected chi connectivity index (χ2v) is 6.43. The second kappa shape index (κ2) is 5.28. The summed E-state index contributed by atoms with van der Waals surface area (Å²) in [6.45, 7) is 8.05. The van der Waals surface area contributed by atoms with Crippen LogP contribution in [0, 0.1) is 0 Å². The number of carboxylic acid groups (broad SMARTS) is 1. The molecule has 8 heteroatoms. The highest BCUT2D eigenvalue weighted by Crippen LogP contribution is 2.35. The summed E-state index contributed by atoms with van der Waals surface area (Å²) in [5.41, 5.74) is 6.61. The Morgan fingerprint density at radius 2 is 2.09 bits per heavy atom. The highest BCUT2D eigenvalue weighted by molar-refractivity contribution is 6.00. The molecule has 0 aromatic heterocycles. The van der Waals surface area contributed by atoms with Crippen molar-refractivity contribution in [3.8, 4) is 0 Å². The van der Waals surface area contributed by atoms with E-state index in [1.807, 2.05) is 0 Å². The van der Waals surface area contributed by atoms with E-state index >= 15 is 0 Å². The molecular weight excluding hydrogens is 288 g/mol. The minimum Gasteiger partial charge on any atom is -0.444 e. The number of carbonyl (C=O) groups excluding carboxylic acids is 1. The van der Waals surface area contributed by atoms with Gasteiger partial charge in [0.25, 0.3) is 0 Å². The number of quaternary nitrogens is 1. The summed E-state index contributed by atoms with van der Waals surface area (Å²) < 4.78 is 4.84. The molecule has 0 fully saturated rings. The SMILES string of the molecule is CC[N+]1(C(=O)O)N=C(N)C2=C1CCN(C(=O)OC(C)(C)C)C2. The first-order chi connectivity index (χ1) is 10.1. The lowest BCUT2D eigenvalue weighted by atomic mass is 10.1. The average molecular weight is 311 g/mol. The maximum Gasteiger partial charge on any atom is 0.546 e. The average Bonchev–Trinajstić information content (AvgIpc) is 2.70. The number of hydrogen-bond donors (Lipinski definition) is 2. The zero-order valence-corrected chi connectivity index (χ0v) is 13.4. The molecule has 0 saturated heterocycles. The molecule has 0 bridgehead atoms. The van der Waals surface area contributed by atoms with Crippen LogP contribution in [-0.4, -0.2) is 57.9 Å². The van der Waals surface area contributed by atoms with Crippen LogP contribution in [0.2, 0.25) is 0 Å². The van der Waals surface area contributed by atoms with E-state index in [0.717, 1.165) is 0 Å². The fourth-order valence-corrected chi connectivity index (χ4v) is 2.73. The smallest absolute Gasteiger partial charge is 0.444 e. The third-order valence-electron chi connectivity index (χ3n) is 3.78. The van der Waals surface area contributed by atoms with Crippen molar-refractivity contribution in [3.05, 3.63) is 11.3 Å². The van der Waals surface area contributed by atoms with Crippen molar-refractivity contribution in [2.24, 2.45) is 10.8 Å². The quantitative estimate of drug-likeness (QED) is 0.717. The molecule has 2 aliphatic heterocycles. The molecule has 8 nitrogen and oxygen atoms in total. The molecule has 0 aromatic rings. The Morgan fingerprint density at radius 3 is 2.59 bits per heavy atom. The van der Waals surface area contributed by atoms with Crippen LogP contribution in [-0.2, 0) is 4.74 Å². The predicted molar refractivity (Wildman–Crippen MR) is 79.9 cm³/mol. The summed E-state index contributed by atoms with van der Waals surface area (Å²) in [6, 6.07) is 0. The number of carbonyl (C=O) groups is 2. The van der Waals surface area contributed by atoms with Gasteiger partial charge in [0.15, 0.2) is 11.5 Å². The second-order valence-electron chi connectivity index (χ2n) is 6.43. The Labute approximate surface area is 129 Å². The van der Waals surface area contributed by atoms with Gasteiger partial charge in [-0.2, -0.15) is 4.79 Å². The number of rotatable bonds is 1. The topological polar surface area (TPSA) is 105 Å². The Bertz CT molecular complexity index is 576. The van der Waals surface area contributed by atoms with Crippen molar-refractivity contribution in [2.75, 3.05) is 19.6 Å². The number of amidine groups is 1. The third kappa shape index (κ3) is 2.66. The summed E-state index contributed by atoms with van der Waals surface area (Å²) in [6.07, 6.45) is -1.07. The summed E-state index contributed by atoms with van der Waals surface area (Å²) in [5.74, 6) is 0.188. The first-order valence-electron chi connectivity index (χ1n) is 7.29. The van der Waals surface area contributed by atoms with Gasteiger partial charge in [-0.15, -0.1) is 0 Å². The first kappa shape index (κ1) is 16.3. The van der Waals surface area contributed by atoms with Crippen molar-refractivity contribution in [1.82, 2.24) is 4.90 Å². The highest BCUT2D eigenvalue weighted by atomic mass is 16.6. The fourth-order valence-electron chi connectivity index (χ4n) is 2.73. The molecule has 2 amide bonds. The van der Waals surface area contributed by atoms with Crippen molar-refractivity contribution < 1.29 is 24.0 Å². The van der Waals surface area contributed by atoms with E-state index < -0.39 is 22.4 Å². The predicted octanol–water partition coefficient (Wildman–Crippen LogP) is 1.68. The van der Waals surface area contributed by atoms with E-state index in [1.54, 1.807) is 27.7 Å². The van der Waals surface area contributed by atoms with Gasteiger partial charge in [-0.05, 0) is 32.8 Å². The Hall–Kier alpha value is -2.09. The molecular formula is C14H23N4O4+. The van der Waals surface area contributed by atoms with E-state index in [9.17, 15) is 14.7 Å². The van der Waals surface area contributed by atoms with Crippen LogP contribution in [0.4, 0.5) is 9.59 Å². The maximum atomic E-state index is 12.2. The monoisotopic (exact) mass is 311 g/mol. The third-order valence-corrected chi connectivity index (χ3v) is 3.78. The van der Waals surface area contributed by atoms with Crippen LogP contribution >= 0.6 is 0 Å². The zero-order valence-electron chi connectivity index (χ0n) is 13.4. The van der Waals surface area contributed by atoms with Gasteiger partial charge in [-0.25, -0.2) is 4.79 Å². The van der Waals surface area contributed by atoms with Crippen LogP contribution in [0.5, 0.6) is 0 Å². The Balaban J connectivity index is 2.25. The lowest BCUT2D eigenvalue weighted by molar-refractivity contribution is -0.823. The maximum absolute atomic E-state index is 12.2. The molecule has 0 aliphatic carbocycles. The molecule has 2 rings (SSSR count). The summed E-state index contributed by atoms with van der Waals surface area (Å²) in [4.78, 5) is 25.3. The number of hydrogen-bond acceptors (Lipinski definition) is 5. The molecule has 1 atom stereocenters. The van der Waals surface area contributed by atoms with Crippen LogP contribution < -0.4 is 5.73 Å². The largest absolute Gasteiger partial charge is 0.546 e. The Kier molecular flexibility index (Phi) is 3.90. The molecule has 0 aromatic carbocycles. The van der Waals surface area contributed by atoms with Gasteiger partial charge in [-0.3, -0.25) is 0 Å². The molecule has 3 N–H and O–H groups in total. The Morgan fingerprint density at radius 1 is 1.45 bits per heavy atom. The molecule has 2 heterocycles. The van der Waals surface area contributed by atoms with E-state index in [0.29, 0.717) is 24.2 Å². The summed E-state index contributed by atoms with van der Waals surface area (Å²) in [5, 5.41) is 13.6. The normalized spacial score (nSPS) is 24.9. The standard InChI is InChI=1S/C14H22N4O4/c1-5-18(13(20)21)10-6-7-17(8-9(10)11(15)16-18)12(19)22-14(2,3)4/h5-8H2,1-4H3,(H2-,15,16,20,21)/p+1. The first-order valence-corrected chi connectivity index (χ1v) is 7.29. The number of ether oxygens (including phenoxy) is 1. The highest BCUT2D eigenvalue weighted by Gasteiger charge is 2.50. The van der Waals surface area contributed by atoms with Gasteiger partial charge in [0.2, 0.25) is 0 Å². The fraction of sp³-hybridized carbons (Fsp3) is 0.643. The van der Waals surface area contributed by atoms with E-state index in [1.165, 1.54) is 4.90 Å². The molecule has 122 valence electrons. The number of nitrogens with two attached hydrogens (primary N) is 1. The number of nitrogens with zero attached hydrogens (tertiary/aromatic N) is 3. The molecule has 1 unspecified atom stereocenters. The van der Waals surface area contributed by atoms with Crippen molar-refractivity contribution in [1.29, 1.82) is 0 Å². The minimum atomic E-state index is -1.05. The van der Waals surface area contributed by atoms with Gasteiger partial charge >= 0.3 is 12.2 Å². The number of amides is 2. The van der Waals surface area contributed by atoms with E-state index in [2.05, 4.69) is 5.10 Å². The van der Waals surface area contributed by atoms with Crippen LogP contribution in [0.15, 0.2) is 16.4 Å². The van der Waals surface area contributed by atoms with E-state index in [-0.39, 0.29) is 18.9 Å². The molecule has 0 saturated carbocycles. The summed E-state index contributed by atoms with van der Waals surface area (Å²) in [7, 11) is 0. The van der Waals surface area contributed by atoms with Crippen LogP contribution in [0.1, 0.15) is 34.1 Å². The lowest BCUT2D eigenvalue weighted by Gasteiger charge is -2.32. The van der Waals surface area contributed by atoms with Gasteiger partial charge in [-0.1, -0.05) is 4.59 Å². The summed E-state index contributed by atoms with van der Waals surface area (Å²) >= 11 is 0. The van der Waals surface area contributed by atoms with E-state index in [4.69, 9.17) is 10.5 Å². The van der Waals surface area contributed by atoms with Crippen LogP contribution in [0.25, 0.3) is 0 Å². The molecule has 0 spiro atoms. The van der Waals surface area contributed by atoms with Crippen molar-refractivity contribution in [3.63, 3.8) is 0 Å². The van der Waals surface area contributed by atoms with Crippen molar-refractivity contribution in [2.45, 2.75) is 39.7 Å². The van der Waals surface area contributed by atoms with Gasteiger partial charge in [0.05, 0.1) is 12.1 Å². The minimum absolute atomic E-state index is 0.188. The van der Waals surface area contributed by atoms with Gasteiger partial charge < -0.3 is 20.5 Å². The lowest BCUT2D eigenvalue weighted by Crippen LogP contribution is -2.48. The molecule has 2 aliphatic rings. The molecule has 22 heavy (non-hydrogen) atoms. The van der Waals surface area contributed by atoms with Crippen LogP contribution in [0.3, 0.4) is 0 Å². The van der Waals surface area contributed by atoms with Gasteiger partial charge in [0, 0.05) is 13.0 Å². The van der Waals surface area contributed by atoms with Gasteiger partial charge in [0.1, 0.15) is 12.1 Å².